The summed E-state index contributed by atoms with van der Waals surface area (Å²) >= 11 is 0. The van der Waals surface area contributed by atoms with Crippen LogP contribution < -0.4 is 0 Å². The third kappa shape index (κ3) is 4.55. The normalized spacial score (nSPS) is 13.9. The van der Waals surface area contributed by atoms with Crippen LogP contribution in [0.4, 0.5) is 0 Å². The largest absolute Gasteiger partial charge is 0.392 e. The molecule has 0 bridgehead atoms. The summed E-state index contributed by atoms with van der Waals surface area (Å²) in [5, 5.41) is 8.59. The maximum Gasteiger partial charge on any atom is 0.0621 e. The molecule has 1 atom stereocenters. The molecule has 2 heteroatoms. The number of hydrogen-bond acceptors (Lipinski definition) is 1. The first-order chi connectivity index (χ1) is 3.81. The lowest BCUT2D eigenvalue weighted by molar-refractivity contribution is 0.370. The Morgan fingerprint density at radius 3 is 2.50 bits per heavy atom. The minimum Gasteiger partial charge on any atom is -0.392 e. The van der Waals surface area contributed by atoms with Crippen molar-refractivity contribution in [1.82, 2.24) is 0 Å². The van der Waals surface area contributed by atoms with Crippen LogP contribution in [0, 0.1) is 0 Å². The Bertz CT molecular complexity index is 47.8. The molecule has 0 aromatic heterocycles. The lowest BCUT2D eigenvalue weighted by Crippen LogP contribution is -1.85. The van der Waals surface area contributed by atoms with Crippen LogP contribution in [0.3, 0.4) is 0 Å². The average Bonchev–Trinajstić information content (AvgIpc) is 1.83. The van der Waals surface area contributed by atoms with Gasteiger partial charge in [-0.1, -0.05) is 21.3 Å². The molecule has 0 fully saturated rings. The van der Waals surface area contributed by atoms with Crippen LogP contribution in [0.1, 0.15) is 19.8 Å². The first kappa shape index (κ1) is 8.39. The first-order valence-electron chi connectivity index (χ1n) is 3.10. The zero-order valence-electron chi connectivity index (χ0n) is 5.72. The fourth-order valence-corrected chi connectivity index (χ4v) is 1.50. The van der Waals surface area contributed by atoms with E-state index in [9.17, 15) is 0 Å². The Labute approximate surface area is 52.9 Å². The van der Waals surface area contributed by atoms with Crippen molar-refractivity contribution in [3.05, 3.63) is 0 Å². The van der Waals surface area contributed by atoms with E-state index >= 15 is 0 Å². The summed E-state index contributed by atoms with van der Waals surface area (Å²) in [6, 6.07) is 0. The molecule has 1 nitrogen and oxygen atoms in total. The van der Waals surface area contributed by atoms with Crippen molar-refractivity contribution in [2.45, 2.75) is 19.8 Å². The summed E-state index contributed by atoms with van der Waals surface area (Å²) in [5.74, 6) is 0. The van der Waals surface area contributed by atoms with Crippen LogP contribution in [-0.2, 0) is 0 Å². The molecule has 1 unspecified atom stereocenters. The van der Waals surface area contributed by atoms with Crippen molar-refractivity contribution < 1.29 is 5.11 Å². The van der Waals surface area contributed by atoms with E-state index in [1.54, 1.807) is 0 Å². The molecule has 50 valence electrons. The topological polar surface area (TPSA) is 20.2 Å². The van der Waals surface area contributed by atoms with Crippen LogP contribution >= 0.6 is 7.92 Å². The summed E-state index contributed by atoms with van der Waals surface area (Å²) in [5.41, 5.74) is 0. The van der Waals surface area contributed by atoms with Gasteiger partial charge in [0.05, 0.1) is 6.35 Å². The molecule has 0 heterocycles. The Hall–Kier alpha value is 0.390. The molecule has 0 aromatic carbocycles. The van der Waals surface area contributed by atoms with Gasteiger partial charge in [-0.05, 0) is 19.2 Å². The molecule has 0 amide bonds. The van der Waals surface area contributed by atoms with E-state index in [0.717, 1.165) is 0 Å². The predicted octanol–water partition coefficient (Wildman–Crippen LogP) is 1.85. The van der Waals surface area contributed by atoms with Crippen LogP contribution in [0.5, 0.6) is 0 Å². The number of hydrogen-bond donors (Lipinski definition) is 1. The van der Waals surface area contributed by atoms with Crippen LogP contribution in [-0.4, -0.2) is 24.3 Å². The molecule has 0 saturated heterocycles. The van der Waals surface area contributed by atoms with Crippen molar-refractivity contribution in [2.75, 3.05) is 19.2 Å². The van der Waals surface area contributed by atoms with E-state index in [1.807, 2.05) is 0 Å². The number of aliphatic hydroxyl groups is 1. The van der Waals surface area contributed by atoms with Gasteiger partial charge in [-0.15, -0.1) is 0 Å². The first-order valence-corrected chi connectivity index (χ1v) is 5.26. The van der Waals surface area contributed by atoms with Gasteiger partial charge in [-0.2, -0.15) is 0 Å². The van der Waals surface area contributed by atoms with Crippen molar-refractivity contribution in [3.8, 4) is 0 Å². The molecule has 0 aliphatic rings. The highest BCUT2D eigenvalue weighted by molar-refractivity contribution is 7.56. The van der Waals surface area contributed by atoms with E-state index < -0.39 is 0 Å². The standard InChI is InChI=1S/C6H15OP/c1-3-4-5-8(2)6-7/h7H,3-6H2,1-2H3. The molecular weight excluding hydrogens is 119 g/mol. The van der Waals surface area contributed by atoms with Gasteiger partial charge in [0.2, 0.25) is 0 Å². The minimum atomic E-state index is -0.0287. The van der Waals surface area contributed by atoms with Crippen molar-refractivity contribution in [3.63, 3.8) is 0 Å². The molecule has 0 spiro atoms. The fourth-order valence-electron chi connectivity index (χ4n) is 0.499. The van der Waals surface area contributed by atoms with E-state index in [-0.39, 0.29) is 7.92 Å². The summed E-state index contributed by atoms with van der Waals surface area (Å²) in [7, 11) is -0.0287. The van der Waals surface area contributed by atoms with Gasteiger partial charge < -0.3 is 5.11 Å². The zero-order valence-corrected chi connectivity index (χ0v) is 6.62. The lowest BCUT2D eigenvalue weighted by atomic mass is 10.4. The van der Waals surface area contributed by atoms with E-state index in [0.29, 0.717) is 6.35 Å². The van der Waals surface area contributed by atoms with Gasteiger partial charge in [0.1, 0.15) is 0 Å². The fraction of sp³-hybridized carbons (Fsp3) is 1.00. The summed E-state index contributed by atoms with van der Waals surface area (Å²) in [6.45, 7) is 4.32. The van der Waals surface area contributed by atoms with Gasteiger partial charge in [0.15, 0.2) is 0 Å². The molecule has 0 saturated carbocycles. The Kier molecular flexibility index (Phi) is 5.79. The predicted molar refractivity (Wildman–Crippen MR) is 39.7 cm³/mol. The monoisotopic (exact) mass is 134 g/mol. The zero-order chi connectivity index (χ0) is 6.41. The van der Waals surface area contributed by atoms with Crippen molar-refractivity contribution in [1.29, 1.82) is 0 Å². The molecule has 8 heavy (non-hydrogen) atoms. The molecule has 0 aromatic rings. The third-order valence-electron chi connectivity index (χ3n) is 1.13. The maximum absolute atomic E-state index is 8.59. The highest BCUT2D eigenvalue weighted by Gasteiger charge is 1.94. The van der Waals surface area contributed by atoms with Crippen LogP contribution in [0.15, 0.2) is 0 Å². The second-order valence-corrected chi connectivity index (χ2v) is 4.52. The van der Waals surface area contributed by atoms with Gasteiger partial charge >= 0.3 is 0 Å². The SMILES string of the molecule is CCCCP(C)CO. The second-order valence-electron chi connectivity index (χ2n) is 2.07. The highest BCUT2D eigenvalue weighted by atomic mass is 31.1. The summed E-state index contributed by atoms with van der Waals surface area (Å²) < 4.78 is 0. The van der Waals surface area contributed by atoms with Crippen molar-refractivity contribution >= 4 is 7.92 Å². The quantitative estimate of drug-likeness (QED) is 0.582. The van der Waals surface area contributed by atoms with E-state index in [4.69, 9.17) is 5.11 Å². The maximum atomic E-state index is 8.59. The van der Waals surface area contributed by atoms with E-state index in [1.165, 1.54) is 19.0 Å². The van der Waals surface area contributed by atoms with Gasteiger partial charge in [0.25, 0.3) is 0 Å². The number of aliphatic hydroxyl groups excluding tert-OH is 1. The average molecular weight is 134 g/mol. The molecule has 0 aliphatic carbocycles. The van der Waals surface area contributed by atoms with Gasteiger partial charge in [0, 0.05) is 0 Å². The van der Waals surface area contributed by atoms with Crippen molar-refractivity contribution in [2.24, 2.45) is 0 Å². The van der Waals surface area contributed by atoms with Crippen LogP contribution in [0.25, 0.3) is 0 Å². The smallest absolute Gasteiger partial charge is 0.0621 e. The molecule has 0 radical (unpaired) electrons. The number of unbranched alkanes of at least 4 members (excludes halogenated alkanes) is 1. The van der Waals surface area contributed by atoms with Gasteiger partial charge in [-0.3, -0.25) is 0 Å². The second kappa shape index (κ2) is 5.53. The highest BCUT2D eigenvalue weighted by Crippen LogP contribution is 2.29. The van der Waals surface area contributed by atoms with Crippen LogP contribution in [0.2, 0.25) is 0 Å². The number of rotatable bonds is 4. The molecule has 0 aliphatic heterocycles. The molecule has 1 N–H and O–H groups in total. The third-order valence-corrected chi connectivity index (χ3v) is 2.70. The minimum absolute atomic E-state index is 0.0287. The Morgan fingerprint density at radius 2 is 2.12 bits per heavy atom. The Balaban J connectivity index is 2.86. The summed E-state index contributed by atoms with van der Waals surface area (Å²) in [4.78, 5) is 0. The lowest BCUT2D eigenvalue weighted by Gasteiger charge is -2.04. The summed E-state index contributed by atoms with van der Waals surface area (Å²) in [6.07, 6.45) is 4.19. The molecule has 0 rings (SSSR count). The Morgan fingerprint density at radius 1 is 1.50 bits per heavy atom. The van der Waals surface area contributed by atoms with Gasteiger partial charge in [-0.25, -0.2) is 0 Å². The van der Waals surface area contributed by atoms with E-state index in [2.05, 4.69) is 13.6 Å². The molecular formula is C6H15OP.